The third kappa shape index (κ3) is 3.42. The molecule has 2 aromatic carbocycles. The third-order valence-corrected chi connectivity index (χ3v) is 5.14. The Balaban J connectivity index is 1.65. The first-order chi connectivity index (χ1) is 13.5. The number of anilines is 1. The maximum absolute atomic E-state index is 12.8. The van der Waals surface area contributed by atoms with E-state index in [9.17, 15) is 9.59 Å². The Morgan fingerprint density at radius 3 is 2.61 bits per heavy atom. The maximum Gasteiger partial charge on any atom is 0.244 e. The molecule has 2 aromatic heterocycles. The van der Waals surface area contributed by atoms with Gasteiger partial charge in [0.15, 0.2) is 5.76 Å². The number of ketones is 1. The highest BCUT2D eigenvalue weighted by atomic mass is 35.5. The molecule has 0 aliphatic carbocycles. The van der Waals surface area contributed by atoms with Crippen molar-refractivity contribution in [3.63, 3.8) is 0 Å². The van der Waals surface area contributed by atoms with E-state index in [4.69, 9.17) is 27.6 Å². The molecule has 28 heavy (non-hydrogen) atoms. The number of nitrogens with zero attached hydrogens (tertiary/aromatic N) is 1. The van der Waals surface area contributed by atoms with Crippen LogP contribution >= 0.6 is 23.2 Å². The highest BCUT2D eigenvalue weighted by Gasteiger charge is 2.19. The van der Waals surface area contributed by atoms with Crippen molar-refractivity contribution in [3.8, 4) is 0 Å². The number of fused-ring (bicyclic) bond motifs is 1. The lowest BCUT2D eigenvalue weighted by atomic mass is 10.1. The molecule has 0 saturated heterocycles. The van der Waals surface area contributed by atoms with Crippen molar-refractivity contribution in [2.45, 2.75) is 6.54 Å². The van der Waals surface area contributed by atoms with Gasteiger partial charge in [0.2, 0.25) is 11.7 Å². The van der Waals surface area contributed by atoms with E-state index in [1.165, 1.54) is 6.26 Å². The summed E-state index contributed by atoms with van der Waals surface area (Å²) in [6, 6.07) is 15.7. The zero-order valence-corrected chi connectivity index (χ0v) is 16.0. The molecule has 4 rings (SSSR count). The molecule has 4 aromatic rings. The summed E-state index contributed by atoms with van der Waals surface area (Å²) < 4.78 is 6.95. The number of para-hydroxylation sites is 1. The van der Waals surface area contributed by atoms with Gasteiger partial charge >= 0.3 is 0 Å². The van der Waals surface area contributed by atoms with Crippen molar-refractivity contribution in [2.24, 2.45) is 0 Å². The lowest BCUT2D eigenvalue weighted by Gasteiger charge is -2.09. The zero-order chi connectivity index (χ0) is 19.7. The number of amides is 1. The number of carbonyl (C=O) groups is 2. The van der Waals surface area contributed by atoms with E-state index in [1.54, 1.807) is 41.1 Å². The second-order valence-corrected chi connectivity index (χ2v) is 6.93. The van der Waals surface area contributed by atoms with Crippen molar-refractivity contribution in [1.82, 2.24) is 4.57 Å². The van der Waals surface area contributed by atoms with Gasteiger partial charge < -0.3 is 14.3 Å². The van der Waals surface area contributed by atoms with E-state index in [1.807, 2.05) is 24.3 Å². The summed E-state index contributed by atoms with van der Waals surface area (Å²) in [7, 11) is 0. The van der Waals surface area contributed by atoms with Crippen LogP contribution in [0.4, 0.5) is 5.69 Å². The molecule has 0 aliphatic rings. The molecule has 0 atom stereocenters. The van der Waals surface area contributed by atoms with Gasteiger partial charge in [-0.25, -0.2) is 0 Å². The molecule has 5 nitrogen and oxygen atoms in total. The average molecular weight is 413 g/mol. The van der Waals surface area contributed by atoms with Gasteiger partial charge in [0.05, 0.1) is 27.6 Å². The van der Waals surface area contributed by atoms with Crippen LogP contribution in [0.25, 0.3) is 10.9 Å². The summed E-state index contributed by atoms with van der Waals surface area (Å²) in [6.45, 7) is 0.00872. The quantitative estimate of drug-likeness (QED) is 0.445. The number of carbonyl (C=O) groups excluding carboxylic acids is 2. The predicted octanol–water partition coefficient (Wildman–Crippen LogP) is 5.41. The Hall–Kier alpha value is -3.02. The van der Waals surface area contributed by atoms with Crippen molar-refractivity contribution in [3.05, 3.63) is 88.4 Å². The molecule has 0 radical (unpaired) electrons. The van der Waals surface area contributed by atoms with Gasteiger partial charge in [-0.3, -0.25) is 9.59 Å². The number of rotatable bonds is 5. The van der Waals surface area contributed by atoms with Crippen LogP contribution in [0.1, 0.15) is 16.1 Å². The first-order valence-corrected chi connectivity index (χ1v) is 9.20. The molecule has 140 valence electrons. The van der Waals surface area contributed by atoms with Gasteiger partial charge in [0, 0.05) is 17.1 Å². The minimum Gasteiger partial charge on any atom is -0.461 e. The van der Waals surface area contributed by atoms with E-state index in [2.05, 4.69) is 5.32 Å². The van der Waals surface area contributed by atoms with Gasteiger partial charge in [-0.2, -0.15) is 0 Å². The van der Waals surface area contributed by atoms with Gasteiger partial charge in [-0.1, -0.05) is 47.5 Å². The standard InChI is InChI=1S/C21H14Cl2N2O3/c22-15-6-3-7-16(20(15)23)24-19(26)12-25-11-14(13-5-1-2-8-17(13)25)21(27)18-9-4-10-28-18/h1-11H,12H2,(H,24,26). The molecule has 0 fully saturated rings. The normalized spacial score (nSPS) is 10.9. The summed E-state index contributed by atoms with van der Waals surface area (Å²) in [5, 5.41) is 4.14. The Kier molecular flexibility index (Phi) is 4.94. The van der Waals surface area contributed by atoms with Crippen LogP contribution in [0.5, 0.6) is 0 Å². The third-order valence-electron chi connectivity index (χ3n) is 4.32. The second kappa shape index (κ2) is 7.54. The average Bonchev–Trinajstić information content (AvgIpc) is 3.34. The number of hydrogen-bond acceptors (Lipinski definition) is 3. The SMILES string of the molecule is O=C(Cn1cc(C(=O)c2ccco2)c2ccccc21)Nc1cccc(Cl)c1Cl. The van der Waals surface area contributed by atoms with Gasteiger partial charge in [0.1, 0.15) is 6.54 Å². The first kappa shape index (κ1) is 18.3. The lowest BCUT2D eigenvalue weighted by Crippen LogP contribution is -2.18. The summed E-state index contributed by atoms with van der Waals surface area (Å²) in [5.41, 5.74) is 1.67. The van der Waals surface area contributed by atoms with Crippen LogP contribution in [-0.4, -0.2) is 16.3 Å². The molecule has 0 saturated carbocycles. The van der Waals surface area contributed by atoms with E-state index in [-0.39, 0.29) is 29.0 Å². The first-order valence-electron chi connectivity index (χ1n) is 8.44. The summed E-state index contributed by atoms with van der Waals surface area (Å²) in [4.78, 5) is 25.3. The Labute approximate surface area is 170 Å². The van der Waals surface area contributed by atoms with Crippen molar-refractivity contribution < 1.29 is 14.0 Å². The lowest BCUT2D eigenvalue weighted by molar-refractivity contribution is -0.116. The molecular weight excluding hydrogens is 399 g/mol. The van der Waals surface area contributed by atoms with Crippen LogP contribution in [0.3, 0.4) is 0 Å². The van der Waals surface area contributed by atoms with Gasteiger partial charge in [-0.15, -0.1) is 0 Å². The van der Waals surface area contributed by atoms with E-state index < -0.39 is 0 Å². The minimum absolute atomic E-state index is 0.00872. The summed E-state index contributed by atoms with van der Waals surface area (Å²) in [5.74, 6) is -0.279. The summed E-state index contributed by atoms with van der Waals surface area (Å²) in [6.07, 6.45) is 3.11. The molecule has 2 heterocycles. The topological polar surface area (TPSA) is 64.2 Å². The zero-order valence-electron chi connectivity index (χ0n) is 14.5. The fourth-order valence-corrected chi connectivity index (χ4v) is 3.39. The monoisotopic (exact) mass is 412 g/mol. The van der Waals surface area contributed by atoms with Crippen LogP contribution in [0.2, 0.25) is 10.0 Å². The largest absolute Gasteiger partial charge is 0.461 e. The van der Waals surface area contributed by atoms with Crippen molar-refractivity contribution >= 4 is 51.5 Å². The van der Waals surface area contributed by atoms with Crippen LogP contribution in [-0.2, 0) is 11.3 Å². The number of halogens is 2. The van der Waals surface area contributed by atoms with Crippen molar-refractivity contribution in [2.75, 3.05) is 5.32 Å². The number of benzene rings is 2. The second-order valence-electron chi connectivity index (χ2n) is 6.14. The Morgan fingerprint density at radius 1 is 1.00 bits per heavy atom. The Bertz CT molecular complexity index is 1180. The predicted molar refractivity (Wildman–Crippen MR) is 109 cm³/mol. The Morgan fingerprint density at radius 2 is 1.82 bits per heavy atom. The highest BCUT2D eigenvalue weighted by molar-refractivity contribution is 6.44. The summed E-state index contributed by atoms with van der Waals surface area (Å²) >= 11 is 12.1. The van der Waals surface area contributed by atoms with E-state index in [0.29, 0.717) is 16.3 Å². The fourth-order valence-electron chi connectivity index (χ4n) is 3.04. The molecule has 0 bridgehead atoms. The van der Waals surface area contributed by atoms with Gasteiger partial charge in [0.25, 0.3) is 0 Å². The van der Waals surface area contributed by atoms with E-state index >= 15 is 0 Å². The number of nitrogens with one attached hydrogen (secondary N) is 1. The number of furan rings is 1. The maximum atomic E-state index is 12.8. The van der Waals surface area contributed by atoms with Gasteiger partial charge in [-0.05, 0) is 30.3 Å². The smallest absolute Gasteiger partial charge is 0.244 e. The minimum atomic E-state index is -0.290. The molecule has 1 N–H and O–H groups in total. The molecule has 7 heteroatoms. The molecule has 0 aliphatic heterocycles. The number of hydrogen-bond donors (Lipinski definition) is 1. The van der Waals surface area contributed by atoms with Crippen molar-refractivity contribution in [1.29, 1.82) is 0 Å². The van der Waals surface area contributed by atoms with Crippen LogP contribution in [0, 0.1) is 0 Å². The van der Waals surface area contributed by atoms with Crippen LogP contribution < -0.4 is 5.32 Å². The number of aromatic nitrogens is 1. The van der Waals surface area contributed by atoms with E-state index in [0.717, 1.165) is 10.9 Å². The fraction of sp³-hybridized carbons (Fsp3) is 0.0476. The van der Waals surface area contributed by atoms with Crippen LogP contribution in [0.15, 0.2) is 71.5 Å². The highest BCUT2D eigenvalue weighted by Crippen LogP contribution is 2.30. The molecule has 0 unspecified atom stereocenters. The molecular formula is C21H14Cl2N2O3. The molecule has 0 spiro atoms. The molecule has 1 amide bonds.